The van der Waals surface area contributed by atoms with Crippen molar-refractivity contribution in [2.45, 2.75) is 38.5 Å². The van der Waals surface area contributed by atoms with Gasteiger partial charge in [-0.15, -0.1) is 0 Å². The fraction of sp³-hybridized carbons (Fsp3) is 0.429. The summed E-state index contributed by atoms with van der Waals surface area (Å²) in [6, 6.07) is 9.76. The van der Waals surface area contributed by atoms with E-state index in [1.165, 1.54) is 23.3 Å². The van der Waals surface area contributed by atoms with Crippen LogP contribution in [0.15, 0.2) is 36.4 Å². The third kappa shape index (κ3) is 4.38. The number of hydrogen-bond acceptors (Lipinski definition) is 3. The minimum Gasteiger partial charge on any atom is -0.493 e. The number of rotatable bonds is 5. The Balaban J connectivity index is 1.73. The van der Waals surface area contributed by atoms with Crippen molar-refractivity contribution in [3.8, 4) is 11.5 Å². The quantitative estimate of drug-likeness (QED) is 0.751. The lowest BCUT2D eigenvalue weighted by Gasteiger charge is -2.34. The Morgan fingerprint density at radius 2 is 1.70 bits per heavy atom. The van der Waals surface area contributed by atoms with Crippen molar-refractivity contribution in [2.24, 2.45) is 0 Å². The van der Waals surface area contributed by atoms with E-state index in [4.69, 9.17) is 9.47 Å². The summed E-state index contributed by atoms with van der Waals surface area (Å²) in [5.74, 6) is 1.42. The molecule has 1 heterocycles. The highest BCUT2D eigenvalue weighted by molar-refractivity contribution is 5.48. The van der Waals surface area contributed by atoms with E-state index in [0.29, 0.717) is 17.7 Å². The van der Waals surface area contributed by atoms with Gasteiger partial charge < -0.3 is 9.47 Å². The zero-order valence-electron chi connectivity index (χ0n) is 15.8. The molecule has 0 saturated carbocycles. The van der Waals surface area contributed by atoms with Gasteiger partial charge in [0.1, 0.15) is 0 Å². The number of ether oxygens (including phenoxy) is 2. The van der Waals surface area contributed by atoms with Crippen molar-refractivity contribution < 1.29 is 22.6 Å². The molecule has 0 amide bonds. The van der Waals surface area contributed by atoms with Crippen LogP contribution in [0.2, 0.25) is 0 Å². The summed E-state index contributed by atoms with van der Waals surface area (Å²) in [5.41, 5.74) is 2.52. The summed E-state index contributed by atoms with van der Waals surface area (Å²) in [6.07, 6.45) is -2.85. The first kappa shape index (κ1) is 19.5. The number of methoxy groups -OCH3 is 2. The Morgan fingerprint density at radius 1 is 1.04 bits per heavy atom. The van der Waals surface area contributed by atoms with Gasteiger partial charge in [0.05, 0.1) is 19.8 Å². The van der Waals surface area contributed by atoms with E-state index in [0.717, 1.165) is 31.3 Å². The molecule has 0 spiro atoms. The van der Waals surface area contributed by atoms with Crippen LogP contribution in [0.25, 0.3) is 0 Å². The minimum atomic E-state index is -4.31. The van der Waals surface area contributed by atoms with Gasteiger partial charge in [0.25, 0.3) is 0 Å². The van der Waals surface area contributed by atoms with Crippen LogP contribution in [0, 0.1) is 0 Å². The number of benzene rings is 2. The number of alkyl halides is 3. The highest BCUT2D eigenvalue weighted by Gasteiger charge is 2.30. The Morgan fingerprint density at radius 3 is 2.33 bits per heavy atom. The maximum atomic E-state index is 12.9. The van der Waals surface area contributed by atoms with Crippen LogP contribution in [0.1, 0.15) is 29.2 Å². The second-order valence-corrected chi connectivity index (χ2v) is 6.95. The van der Waals surface area contributed by atoms with Crippen LogP contribution < -0.4 is 9.47 Å². The van der Waals surface area contributed by atoms with Gasteiger partial charge in [-0.3, -0.25) is 4.90 Å². The van der Waals surface area contributed by atoms with Gasteiger partial charge >= 0.3 is 6.18 Å². The molecule has 0 N–H and O–H groups in total. The smallest absolute Gasteiger partial charge is 0.416 e. The zero-order valence-corrected chi connectivity index (χ0v) is 15.8. The van der Waals surface area contributed by atoms with E-state index >= 15 is 0 Å². The molecule has 27 heavy (non-hydrogen) atoms. The number of fused-ring (bicyclic) bond motifs is 1. The average Bonchev–Trinajstić information content (AvgIpc) is 2.65. The van der Waals surface area contributed by atoms with Crippen molar-refractivity contribution >= 4 is 0 Å². The summed E-state index contributed by atoms with van der Waals surface area (Å²) < 4.78 is 49.5. The van der Waals surface area contributed by atoms with Gasteiger partial charge in [0.2, 0.25) is 0 Å². The maximum Gasteiger partial charge on any atom is 0.416 e. The van der Waals surface area contributed by atoms with Crippen LogP contribution in [-0.2, 0) is 25.6 Å². The number of halogens is 3. The van der Waals surface area contributed by atoms with Gasteiger partial charge in [0.15, 0.2) is 11.5 Å². The van der Waals surface area contributed by atoms with E-state index in [1.807, 2.05) is 12.1 Å². The predicted molar refractivity (Wildman–Crippen MR) is 98.3 cm³/mol. The van der Waals surface area contributed by atoms with Crippen molar-refractivity contribution in [2.75, 3.05) is 20.8 Å². The molecule has 2 aromatic carbocycles. The topological polar surface area (TPSA) is 21.7 Å². The lowest BCUT2D eigenvalue weighted by molar-refractivity contribution is -0.137. The first-order valence-corrected chi connectivity index (χ1v) is 8.95. The normalized spacial score (nSPS) is 15.9. The molecule has 0 radical (unpaired) electrons. The van der Waals surface area contributed by atoms with E-state index in [9.17, 15) is 13.2 Å². The van der Waals surface area contributed by atoms with E-state index in [1.54, 1.807) is 20.3 Å². The highest BCUT2D eigenvalue weighted by Crippen LogP contribution is 2.34. The van der Waals surface area contributed by atoms with Crippen molar-refractivity contribution in [3.63, 3.8) is 0 Å². The molecule has 146 valence electrons. The van der Waals surface area contributed by atoms with Crippen LogP contribution >= 0.6 is 0 Å². The lowest BCUT2D eigenvalue weighted by atomic mass is 9.96. The average molecular weight is 379 g/mol. The number of nitrogens with zero attached hydrogens (tertiary/aromatic N) is 1. The molecule has 1 atom stereocenters. The second-order valence-electron chi connectivity index (χ2n) is 6.95. The molecular weight excluding hydrogens is 355 g/mol. The summed E-state index contributed by atoms with van der Waals surface area (Å²) in [5, 5.41) is 0. The Kier molecular flexibility index (Phi) is 5.65. The van der Waals surface area contributed by atoms with Gasteiger partial charge in [0, 0.05) is 19.1 Å². The standard InChI is InChI=1S/C21H24F3NO2/c1-14(9-15-5-4-6-18(10-15)21(22,23)24)25-8-7-16-11-19(26-2)20(27-3)12-17(16)13-25/h4-6,10-12,14H,7-9,13H2,1-3H3/t14-/m1/s1. The Bertz CT molecular complexity index is 804. The van der Waals surface area contributed by atoms with Gasteiger partial charge in [-0.1, -0.05) is 18.2 Å². The minimum absolute atomic E-state index is 0.134. The molecule has 1 aliphatic heterocycles. The van der Waals surface area contributed by atoms with E-state index in [2.05, 4.69) is 11.8 Å². The van der Waals surface area contributed by atoms with Crippen molar-refractivity contribution in [1.82, 2.24) is 4.90 Å². The Labute approximate surface area is 157 Å². The van der Waals surface area contributed by atoms with E-state index < -0.39 is 11.7 Å². The second kappa shape index (κ2) is 7.80. The molecule has 0 bridgehead atoms. The fourth-order valence-electron chi connectivity index (χ4n) is 3.63. The Hall–Kier alpha value is -2.21. The first-order chi connectivity index (χ1) is 12.8. The molecule has 0 saturated heterocycles. The number of hydrogen-bond donors (Lipinski definition) is 0. The highest BCUT2D eigenvalue weighted by atomic mass is 19.4. The predicted octanol–water partition coefficient (Wildman–Crippen LogP) is 4.71. The summed E-state index contributed by atoms with van der Waals surface area (Å²) in [6.45, 7) is 3.67. The molecular formula is C21H24F3NO2. The molecule has 1 aliphatic rings. The van der Waals surface area contributed by atoms with Crippen molar-refractivity contribution in [3.05, 3.63) is 58.7 Å². The molecule has 2 aromatic rings. The van der Waals surface area contributed by atoms with Gasteiger partial charge in [-0.2, -0.15) is 13.2 Å². The van der Waals surface area contributed by atoms with E-state index in [-0.39, 0.29) is 6.04 Å². The lowest BCUT2D eigenvalue weighted by Crippen LogP contribution is -2.38. The van der Waals surface area contributed by atoms with Gasteiger partial charge in [-0.25, -0.2) is 0 Å². The largest absolute Gasteiger partial charge is 0.493 e. The summed E-state index contributed by atoms with van der Waals surface area (Å²) in [4.78, 5) is 2.30. The zero-order chi connectivity index (χ0) is 19.6. The van der Waals surface area contributed by atoms with Crippen LogP contribution in [0.5, 0.6) is 11.5 Å². The first-order valence-electron chi connectivity index (χ1n) is 8.95. The fourth-order valence-corrected chi connectivity index (χ4v) is 3.63. The molecule has 3 rings (SSSR count). The summed E-state index contributed by atoms with van der Waals surface area (Å²) in [7, 11) is 3.23. The summed E-state index contributed by atoms with van der Waals surface area (Å²) >= 11 is 0. The van der Waals surface area contributed by atoms with Crippen molar-refractivity contribution in [1.29, 1.82) is 0 Å². The van der Waals surface area contributed by atoms with Crippen LogP contribution in [0.3, 0.4) is 0 Å². The molecule has 3 nitrogen and oxygen atoms in total. The third-order valence-electron chi connectivity index (χ3n) is 5.16. The third-order valence-corrected chi connectivity index (χ3v) is 5.16. The SMILES string of the molecule is COc1cc2c(cc1OC)CN([C@H](C)Cc1cccc(C(F)(F)F)c1)CC2. The molecule has 6 heteroatoms. The molecule has 0 fully saturated rings. The van der Waals surface area contributed by atoms with Gasteiger partial charge in [-0.05, 0) is 54.7 Å². The van der Waals surface area contributed by atoms with Crippen LogP contribution in [-0.4, -0.2) is 31.7 Å². The molecule has 0 aliphatic carbocycles. The maximum absolute atomic E-state index is 12.9. The van der Waals surface area contributed by atoms with Crippen LogP contribution in [0.4, 0.5) is 13.2 Å². The monoisotopic (exact) mass is 379 g/mol. The molecule has 0 aromatic heterocycles. The molecule has 0 unspecified atom stereocenters.